The van der Waals surface area contributed by atoms with E-state index < -0.39 is 0 Å². The van der Waals surface area contributed by atoms with E-state index in [1.54, 1.807) is 0 Å². The van der Waals surface area contributed by atoms with Crippen molar-refractivity contribution in [1.82, 2.24) is 14.3 Å². The number of hydrogen-bond donors (Lipinski definition) is 0. The van der Waals surface area contributed by atoms with E-state index in [9.17, 15) is 4.79 Å². The molecule has 21 heavy (non-hydrogen) atoms. The van der Waals surface area contributed by atoms with Crippen LogP contribution in [0.2, 0.25) is 0 Å². The van der Waals surface area contributed by atoms with Crippen molar-refractivity contribution in [3.8, 4) is 0 Å². The number of likely N-dealkylation sites (tertiary alicyclic amines) is 1. The van der Waals surface area contributed by atoms with Crippen LogP contribution in [-0.4, -0.2) is 39.7 Å². The fourth-order valence-electron chi connectivity index (χ4n) is 3.25. The number of piperidine rings is 1. The molecule has 0 amide bonds. The van der Waals surface area contributed by atoms with E-state index in [4.69, 9.17) is 0 Å². The average Bonchev–Trinajstić information content (AvgIpc) is 2.90. The largest absolute Gasteiger partial charge is 0.306 e. The first-order valence-electron chi connectivity index (χ1n) is 7.83. The van der Waals surface area contributed by atoms with E-state index in [1.165, 1.54) is 25.9 Å². The first kappa shape index (κ1) is 14.3. The molecule has 0 atom stereocenters. The molecule has 4 heteroatoms. The zero-order chi connectivity index (χ0) is 14.8. The molecule has 4 nitrogen and oxygen atoms in total. The minimum Gasteiger partial charge on any atom is -0.306 e. The molecule has 0 spiro atoms. The van der Waals surface area contributed by atoms with E-state index in [0.717, 1.165) is 24.0 Å². The Morgan fingerprint density at radius 1 is 1.38 bits per heavy atom. The highest BCUT2D eigenvalue weighted by molar-refractivity contribution is 5.84. The molecule has 2 aromatic heterocycles. The smallest absolute Gasteiger partial charge is 0.153 e. The lowest BCUT2D eigenvalue weighted by Crippen LogP contribution is -2.38. The van der Waals surface area contributed by atoms with E-state index in [2.05, 4.69) is 29.9 Å². The van der Waals surface area contributed by atoms with Crippen molar-refractivity contribution < 1.29 is 4.79 Å². The van der Waals surface area contributed by atoms with Crippen LogP contribution >= 0.6 is 0 Å². The van der Waals surface area contributed by atoms with Gasteiger partial charge in [0.2, 0.25) is 0 Å². The Bertz CT molecular complexity index is 624. The number of pyridine rings is 1. The lowest BCUT2D eigenvalue weighted by Gasteiger charge is -2.34. The van der Waals surface area contributed by atoms with Gasteiger partial charge in [-0.25, -0.2) is 4.98 Å². The summed E-state index contributed by atoms with van der Waals surface area (Å²) in [6.45, 7) is 6.91. The van der Waals surface area contributed by atoms with Crippen LogP contribution in [0.4, 0.5) is 0 Å². The molecule has 1 aliphatic heterocycles. The summed E-state index contributed by atoms with van der Waals surface area (Å²) >= 11 is 0. The van der Waals surface area contributed by atoms with Crippen LogP contribution in [-0.2, 0) is 6.42 Å². The van der Waals surface area contributed by atoms with Crippen molar-refractivity contribution in [3.63, 3.8) is 0 Å². The van der Waals surface area contributed by atoms with Crippen molar-refractivity contribution in [3.05, 3.63) is 35.8 Å². The molecule has 0 aliphatic carbocycles. The molecule has 0 N–H and O–H groups in total. The quantitative estimate of drug-likeness (QED) is 0.811. The van der Waals surface area contributed by atoms with Crippen molar-refractivity contribution in [2.45, 2.75) is 39.2 Å². The molecule has 0 bridgehead atoms. The molecule has 0 radical (unpaired) electrons. The number of nitrogens with zero attached hydrogens (tertiary/aromatic N) is 3. The SMILES string of the molecule is CC(C)N1CCC(Cc2cn3cccc(C=O)c3n2)CC1. The second kappa shape index (κ2) is 5.98. The second-order valence-corrected chi connectivity index (χ2v) is 6.32. The van der Waals surface area contributed by atoms with Gasteiger partial charge >= 0.3 is 0 Å². The number of hydrogen-bond acceptors (Lipinski definition) is 3. The Balaban J connectivity index is 1.70. The van der Waals surface area contributed by atoms with Crippen LogP contribution in [0.3, 0.4) is 0 Å². The van der Waals surface area contributed by atoms with Crippen LogP contribution in [0, 0.1) is 5.92 Å². The molecule has 0 saturated carbocycles. The zero-order valence-electron chi connectivity index (χ0n) is 12.8. The van der Waals surface area contributed by atoms with Gasteiger partial charge in [0, 0.05) is 18.4 Å². The molecule has 3 rings (SSSR count). The summed E-state index contributed by atoms with van der Waals surface area (Å²) in [6, 6.07) is 4.36. The molecular formula is C17H23N3O. The summed E-state index contributed by atoms with van der Waals surface area (Å²) < 4.78 is 1.96. The molecule has 2 aromatic rings. The predicted molar refractivity (Wildman–Crippen MR) is 83.7 cm³/mol. The highest BCUT2D eigenvalue weighted by Gasteiger charge is 2.21. The Labute approximate surface area is 125 Å². The minimum absolute atomic E-state index is 0.649. The van der Waals surface area contributed by atoms with Gasteiger partial charge in [-0.1, -0.05) is 0 Å². The van der Waals surface area contributed by atoms with Gasteiger partial charge in [-0.05, 0) is 64.3 Å². The number of fused-ring (bicyclic) bond motifs is 1. The van der Waals surface area contributed by atoms with Gasteiger partial charge < -0.3 is 9.30 Å². The first-order chi connectivity index (χ1) is 10.2. The number of imidazole rings is 1. The molecule has 0 aromatic carbocycles. The highest BCUT2D eigenvalue weighted by atomic mass is 16.1. The predicted octanol–water partition coefficient (Wildman–Crippen LogP) is 2.81. The summed E-state index contributed by atoms with van der Waals surface area (Å²) in [5.41, 5.74) is 2.55. The third-order valence-electron chi connectivity index (χ3n) is 4.57. The maximum absolute atomic E-state index is 11.1. The van der Waals surface area contributed by atoms with Gasteiger partial charge in [0.25, 0.3) is 0 Å². The van der Waals surface area contributed by atoms with Crippen LogP contribution in [0.25, 0.3) is 5.65 Å². The van der Waals surface area contributed by atoms with Crippen LogP contribution in [0.1, 0.15) is 42.7 Å². The number of carbonyl (C=O) groups is 1. The van der Waals surface area contributed by atoms with Crippen molar-refractivity contribution in [2.75, 3.05) is 13.1 Å². The summed E-state index contributed by atoms with van der Waals surface area (Å²) in [5, 5.41) is 0. The summed E-state index contributed by atoms with van der Waals surface area (Å²) in [6.07, 6.45) is 8.41. The summed E-state index contributed by atoms with van der Waals surface area (Å²) in [4.78, 5) is 18.3. The third kappa shape index (κ3) is 3.00. The Morgan fingerprint density at radius 2 is 2.14 bits per heavy atom. The molecule has 1 saturated heterocycles. The normalized spacial score (nSPS) is 17.7. The molecular weight excluding hydrogens is 262 g/mol. The highest BCUT2D eigenvalue weighted by Crippen LogP contribution is 2.23. The van der Waals surface area contributed by atoms with Crippen LogP contribution < -0.4 is 0 Å². The molecule has 1 aliphatic rings. The van der Waals surface area contributed by atoms with E-state index >= 15 is 0 Å². The number of rotatable bonds is 4. The fourth-order valence-corrected chi connectivity index (χ4v) is 3.25. The van der Waals surface area contributed by atoms with E-state index in [0.29, 0.717) is 17.5 Å². The van der Waals surface area contributed by atoms with Gasteiger partial charge in [0.15, 0.2) is 6.29 Å². The summed E-state index contributed by atoms with van der Waals surface area (Å²) in [5.74, 6) is 0.713. The summed E-state index contributed by atoms with van der Waals surface area (Å²) in [7, 11) is 0. The molecule has 1 fully saturated rings. The minimum atomic E-state index is 0.649. The van der Waals surface area contributed by atoms with Gasteiger partial charge in [-0.2, -0.15) is 0 Å². The average molecular weight is 285 g/mol. The van der Waals surface area contributed by atoms with E-state index in [-0.39, 0.29) is 0 Å². The van der Waals surface area contributed by atoms with Crippen molar-refractivity contribution in [1.29, 1.82) is 0 Å². The fraction of sp³-hybridized carbons (Fsp3) is 0.529. The molecule has 112 valence electrons. The zero-order valence-corrected chi connectivity index (χ0v) is 12.8. The van der Waals surface area contributed by atoms with Gasteiger partial charge in [0.1, 0.15) is 5.65 Å². The Morgan fingerprint density at radius 3 is 2.81 bits per heavy atom. The topological polar surface area (TPSA) is 37.6 Å². The monoisotopic (exact) mass is 285 g/mol. The lowest BCUT2D eigenvalue weighted by molar-refractivity contribution is 0.112. The van der Waals surface area contributed by atoms with Gasteiger partial charge in [0.05, 0.1) is 11.3 Å². The van der Waals surface area contributed by atoms with E-state index in [1.807, 2.05) is 22.7 Å². The number of carbonyl (C=O) groups excluding carboxylic acids is 1. The number of aromatic nitrogens is 2. The standard InChI is InChI=1S/C17H23N3O/c1-13(2)19-8-5-14(6-9-19)10-16-11-20-7-3-4-15(12-21)17(20)18-16/h3-4,7,11-14H,5-6,8-10H2,1-2H3. The van der Waals surface area contributed by atoms with Gasteiger partial charge in [-0.3, -0.25) is 4.79 Å². The van der Waals surface area contributed by atoms with Crippen LogP contribution in [0.5, 0.6) is 0 Å². The molecule has 3 heterocycles. The Kier molecular flexibility index (Phi) is 4.06. The Hall–Kier alpha value is -1.68. The maximum atomic E-state index is 11.1. The van der Waals surface area contributed by atoms with Gasteiger partial charge in [-0.15, -0.1) is 0 Å². The number of aldehydes is 1. The molecule has 0 unspecified atom stereocenters. The second-order valence-electron chi connectivity index (χ2n) is 6.32. The maximum Gasteiger partial charge on any atom is 0.153 e. The van der Waals surface area contributed by atoms with Crippen LogP contribution in [0.15, 0.2) is 24.5 Å². The third-order valence-corrected chi connectivity index (χ3v) is 4.57. The first-order valence-corrected chi connectivity index (χ1v) is 7.83. The van der Waals surface area contributed by atoms with Crippen molar-refractivity contribution in [2.24, 2.45) is 5.92 Å². The lowest BCUT2D eigenvalue weighted by atomic mass is 9.92. The van der Waals surface area contributed by atoms with Crippen molar-refractivity contribution >= 4 is 11.9 Å².